The highest BCUT2D eigenvalue weighted by Gasteiger charge is 2.43. The average Bonchev–Trinajstić information content (AvgIpc) is 3.21. The van der Waals surface area contributed by atoms with Crippen LogP contribution >= 0.6 is 0 Å². The molecule has 0 spiro atoms. The van der Waals surface area contributed by atoms with Gasteiger partial charge in [0, 0.05) is 13.1 Å². The fraction of sp³-hybridized carbons (Fsp3) is 0.467. The zero-order valence-electron chi connectivity index (χ0n) is 22.7. The Morgan fingerprint density at radius 1 is 1.00 bits per heavy atom. The molecule has 204 valence electrons. The van der Waals surface area contributed by atoms with Crippen molar-refractivity contribution in [1.82, 2.24) is 9.80 Å². The van der Waals surface area contributed by atoms with Crippen LogP contribution in [0.25, 0.3) is 11.0 Å². The van der Waals surface area contributed by atoms with Crippen LogP contribution < -0.4 is 14.9 Å². The summed E-state index contributed by atoms with van der Waals surface area (Å²) in [6.07, 6.45) is 4.37. The number of carbonyl (C=O) groups is 1. The third-order valence-corrected chi connectivity index (χ3v) is 7.24. The van der Waals surface area contributed by atoms with Crippen LogP contribution in [0.5, 0.6) is 11.5 Å². The number of carbonyl (C=O) groups excluding carboxylic acids is 1. The summed E-state index contributed by atoms with van der Waals surface area (Å²) in [5, 5.41) is 0.117. The molecule has 8 heteroatoms. The van der Waals surface area contributed by atoms with Gasteiger partial charge in [-0.25, -0.2) is 4.39 Å². The maximum Gasteiger partial charge on any atom is 0.290 e. The van der Waals surface area contributed by atoms with Gasteiger partial charge < -0.3 is 23.7 Å². The molecule has 0 fully saturated rings. The quantitative estimate of drug-likeness (QED) is 0.264. The zero-order valence-corrected chi connectivity index (χ0v) is 22.7. The third-order valence-electron chi connectivity index (χ3n) is 7.24. The Labute approximate surface area is 223 Å². The molecule has 4 rings (SSSR count). The van der Waals surface area contributed by atoms with Gasteiger partial charge in [0.25, 0.3) is 5.91 Å². The standard InChI is InChI=1S/C30H37FN2O5/c1-5-8-9-10-17-37-24-13-11-20(18-25(24)36-4)27-26-28(34)22-19-21(31)12-14-23(22)38-29(26)30(35)33(27)16-15-32(6-2)7-3/h11-14,18-19,27H,5-10,15-17H2,1-4H3. The number of hydrogen-bond donors (Lipinski definition) is 0. The first kappa shape index (κ1) is 27.6. The molecule has 0 saturated heterocycles. The number of nitrogens with zero attached hydrogens (tertiary/aromatic N) is 2. The Balaban J connectivity index is 1.75. The number of fused-ring (bicyclic) bond motifs is 2. The molecular weight excluding hydrogens is 487 g/mol. The lowest BCUT2D eigenvalue weighted by molar-refractivity contribution is 0.0708. The fourth-order valence-electron chi connectivity index (χ4n) is 5.04. The minimum atomic E-state index is -0.690. The van der Waals surface area contributed by atoms with Gasteiger partial charge >= 0.3 is 0 Å². The lowest BCUT2D eigenvalue weighted by atomic mass is 9.98. The third kappa shape index (κ3) is 5.55. The van der Waals surface area contributed by atoms with Gasteiger partial charge in [0.15, 0.2) is 16.9 Å². The molecule has 0 N–H and O–H groups in total. The zero-order chi connectivity index (χ0) is 27.2. The molecule has 38 heavy (non-hydrogen) atoms. The van der Waals surface area contributed by atoms with E-state index >= 15 is 0 Å². The summed E-state index contributed by atoms with van der Waals surface area (Å²) in [5.41, 5.74) is 0.717. The number of likely N-dealkylation sites (N-methyl/N-ethyl adjacent to an activating group) is 1. The minimum absolute atomic E-state index is 0.00822. The fourth-order valence-corrected chi connectivity index (χ4v) is 5.04. The highest BCUT2D eigenvalue weighted by atomic mass is 19.1. The van der Waals surface area contributed by atoms with E-state index in [0.29, 0.717) is 36.8 Å². The van der Waals surface area contributed by atoms with E-state index in [4.69, 9.17) is 13.9 Å². The number of amides is 1. The first-order valence-electron chi connectivity index (χ1n) is 13.5. The highest BCUT2D eigenvalue weighted by Crippen LogP contribution is 2.41. The van der Waals surface area contributed by atoms with Crippen LogP contribution in [0.2, 0.25) is 0 Å². The molecule has 1 aliphatic heterocycles. The maximum absolute atomic E-state index is 14.0. The van der Waals surface area contributed by atoms with E-state index in [1.165, 1.54) is 18.6 Å². The van der Waals surface area contributed by atoms with Crippen LogP contribution in [0.1, 0.15) is 74.2 Å². The van der Waals surface area contributed by atoms with Crippen molar-refractivity contribution in [2.45, 2.75) is 52.5 Å². The van der Waals surface area contributed by atoms with E-state index < -0.39 is 17.3 Å². The summed E-state index contributed by atoms with van der Waals surface area (Å²) in [5.74, 6) is 0.258. The molecule has 1 unspecified atom stereocenters. The minimum Gasteiger partial charge on any atom is -0.493 e. The Kier molecular flexibility index (Phi) is 9.05. The van der Waals surface area contributed by atoms with Crippen LogP contribution in [0.15, 0.2) is 45.6 Å². The van der Waals surface area contributed by atoms with Gasteiger partial charge in [0.1, 0.15) is 11.4 Å². The summed E-state index contributed by atoms with van der Waals surface area (Å²) in [4.78, 5) is 31.2. The molecule has 0 saturated carbocycles. The van der Waals surface area contributed by atoms with Crippen LogP contribution in [-0.2, 0) is 0 Å². The van der Waals surface area contributed by atoms with Crippen LogP contribution in [0.4, 0.5) is 4.39 Å². The Morgan fingerprint density at radius 3 is 2.50 bits per heavy atom. The van der Waals surface area contributed by atoms with Gasteiger partial charge in [-0.05, 0) is 55.4 Å². The second-order valence-electron chi connectivity index (χ2n) is 9.56. The number of halogens is 1. The average molecular weight is 525 g/mol. The molecule has 1 amide bonds. The summed E-state index contributed by atoms with van der Waals surface area (Å²) in [7, 11) is 1.57. The predicted molar refractivity (Wildman–Crippen MR) is 146 cm³/mol. The highest BCUT2D eigenvalue weighted by molar-refractivity contribution is 5.99. The van der Waals surface area contributed by atoms with Crippen molar-refractivity contribution in [3.05, 3.63) is 69.3 Å². The molecule has 0 aliphatic carbocycles. The van der Waals surface area contributed by atoms with Crippen molar-refractivity contribution in [1.29, 1.82) is 0 Å². The first-order valence-corrected chi connectivity index (χ1v) is 13.5. The number of ether oxygens (including phenoxy) is 2. The number of hydrogen-bond acceptors (Lipinski definition) is 6. The second kappa shape index (κ2) is 12.4. The maximum atomic E-state index is 14.0. The molecule has 1 atom stereocenters. The molecule has 1 aromatic heterocycles. The van der Waals surface area contributed by atoms with E-state index in [2.05, 4.69) is 25.7 Å². The van der Waals surface area contributed by atoms with Crippen molar-refractivity contribution in [3.8, 4) is 11.5 Å². The summed E-state index contributed by atoms with van der Waals surface area (Å²) in [6.45, 7) is 9.61. The van der Waals surface area contributed by atoms with E-state index in [1.807, 2.05) is 18.2 Å². The summed E-state index contributed by atoms with van der Waals surface area (Å²) < 4.78 is 31.6. The monoisotopic (exact) mass is 524 g/mol. The van der Waals surface area contributed by atoms with E-state index in [0.717, 1.165) is 38.4 Å². The number of rotatable bonds is 13. The summed E-state index contributed by atoms with van der Waals surface area (Å²) in [6, 6.07) is 8.58. The van der Waals surface area contributed by atoms with Crippen molar-refractivity contribution < 1.29 is 23.1 Å². The van der Waals surface area contributed by atoms with Gasteiger partial charge in [-0.3, -0.25) is 9.59 Å². The van der Waals surface area contributed by atoms with E-state index in [9.17, 15) is 14.0 Å². The summed E-state index contributed by atoms with van der Waals surface area (Å²) >= 11 is 0. The smallest absolute Gasteiger partial charge is 0.290 e. The van der Waals surface area contributed by atoms with Gasteiger partial charge in [0.2, 0.25) is 5.76 Å². The van der Waals surface area contributed by atoms with Crippen LogP contribution in [0, 0.1) is 5.82 Å². The molecule has 7 nitrogen and oxygen atoms in total. The van der Waals surface area contributed by atoms with E-state index in [-0.39, 0.29) is 28.2 Å². The first-order chi connectivity index (χ1) is 18.4. The van der Waals surface area contributed by atoms with Gasteiger partial charge in [-0.2, -0.15) is 0 Å². The predicted octanol–water partition coefficient (Wildman–Crippen LogP) is 5.79. The normalized spacial score (nSPS) is 14.9. The number of benzene rings is 2. The number of methoxy groups -OCH3 is 1. The van der Waals surface area contributed by atoms with Crippen molar-refractivity contribution in [2.75, 3.05) is 39.9 Å². The van der Waals surface area contributed by atoms with Crippen molar-refractivity contribution in [2.24, 2.45) is 0 Å². The van der Waals surface area contributed by atoms with Gasteiger partial charge in [-0.15, -0.1) is 0 Å². The molecule has 2 aromatic carbocycles. The van der Waals surface area contributed by atoms with Crippen LogP contribution in [-0.4, -0.2) is 55.6 Å². The molecule has 0 bridgehead atoms. The van der Waals surface area contributed by atoms with Crippen molar-refractivity contribution >= 4 is 16.9 Å². The largest absolute Gasteiger partial charge is 0.493 e. The topological polar surface area (TPSA) is 72.2 Å². The van der Waals surface area contributed by atoms with E-state index in [1.54, 1.807) is 12.0 Å². The second-order valence-corrected chi connectivity index (χ2v) is 9.56. The Morgan fingerprint density at radius 2 is 1.79 bits per heavy atom. The number of unbranched alkanes of at least 4 members (excludes halogenated alkanes) is 3. The molecule has 2 heterocycles. The van der Waals surface area contributed by atoms with Crippen LogP contribution in [0.3, 0.4) is 0 Å². The SMILES string of the molecule is CCCCCCOc1ccc(C2c3c(oc4ccc(F)cc4c3=O)C(=O)N2CCN(CC)CC)cc1OC. The van der Waals surface area contributed by atoms with Crippen molar-refractivity contribution in [3.63, 3.8) is 0 Å². The molecule has 3 aromatic rings. The van der Waals surface area contributed by atoms with Gasteiger partial charge in [-0.1, -0.05) is 46.1 Å². The molecule has 1 aliphatic rings. The Bertz CT molecular complexity index is 1330. The molecule has 0 radical (unpaired) electrons. The molecular formula is C30H37FN2O5. The lowest BCUT2D eigenvalue weighted by Crippen LogP contribution is -2.37. The lowest BCUT2D eigenvalue weighted by Gasteiger charge is -2.28. The van der Waals surface area contributed by atoms with Gasteiger partial charge in [0.05, 0.1) is 30.7 Å². The Hall–Kier alpha value is -3.39.